The maximum absolute atomic E-state index is 6.17. The number of likely N-dealkylation sites (N-methyl/N-ethyl adjacent to an activating group) is 1. The number of aromatic nitrogens is 1. The number of rotatable bonds is 5. The number of pyridine rings is 1. The molecule has 1 N–H and O–H groups in total. The Labute approximate surface area is 120 Å². The molecule has 0 saturated carbocycles. The minimum absolute atomic E-state index is 0.561. The zero-order valence-electron chi connectivity index (χ0n) is 12.0. The molecule has 1 atom stereocenters. The first-order valence-corrected chi connectivity index (χ1v) is 7.21. The van der Waals surface area contributed by atoms with Crippen molar-refractivity contribution in [3.8, 4) is 0 Å². The van der Waals surface area contributed by atoms with Gasteiger partial charge in [0, 0.05) is 25.7 Å². The zero-order valence-corrected chi connectivity index (χ0v) is 12.7. The van der Waals surface area contributed by atoms with E-state index in [1.54, 1.807) is 0 Å². The van der Waals surface area contributed by atoms with Crippen LogP contribution in [0.2, 0.25) is 5.02 Å². The van der Waals surface area contributed by atoms with Gasteiger partial charge in [0.2, 0.25) is 0 Å². The van der Waals surface area contributed by atoms with Crippen LogP contribution in [0.15, 0.2) is 12.1 Å². The molecule has 4 nitrogen and oxygen atoms in total. The molecule has 2 heterocycles. The summed E-state index contributed by atoms with van der Waals surface area (Å²) in [6.07, 6.45) is 2.48. The summed E-state index contributed by atoms with van der Waals surface area (Å²) in [6, 6.07) is 4.56. The third kappa shape index (κ3) is 3.59. The van der Waals surface area contributed by atoms with Gasteiger partial charge in [0.1, 0.15) is 5.82 Å². The van der Waals surface area contributed by atoms with Crippen molar-refractivity contribution in [3.63, 3.8) is 0 Å². The van der Waals surface area contributed by atoms with Gasteiger partial charge < -0.3 is 15.1 Å². The molecule has 0 spiro atoms. The second-order valence-corrected chi connectivity index (χ2v) is 5.79. The Bertz CT molecular complexity index is 422. The van der Waals surface area contributed by atoms with Crippen LogP contribution in [-0.4, -0.2) is 50.2 Å². The van der Waals surface area contributed by atoms with Gasteiger partial charge in [-0.3, -0.25) is 0 Å². The first kappa shape index (κ1) is 14.6. The normalized spacial score (nSPS) is 19.4. The fourth-order valence-corrected chi connectivity index (χ4v) is 2.84. The van der Waals surface area contributed by atoms with Crippen molar-refractivity contribution in [1.29, 1.82) is 0 Å². The van der Waals surface area contributed by atoms with Crippen LogP contribution in [0.4, 0.5) is 5.82 Å². The van der Waals surface area contributed by atoms with Gasteiger partial charge in [-0.2, -0.15) is 0 Å². The van der Waals surface area contributed by atoms with Crippen molar-refractivity contribution in [2.75, 3.05) is 39.1 Å². The van der Waals surface area contributed by atoms with E-state index in [4.69, 9.17) is 16.6 Å². The summed E-state index contributed by atoms with van der Waals surface area (Å²) in [7, 11) is 6.16. The summed E-state index contributed by atoms with van der Waals surface area (Å²) in [5.41, 5.74) is 0.928. The van der Waals surface area contributed by atoms with Crippen LogP contribution in [0, 0.1) is 0 Å². The number of nitrogens with zero attached hydrogens (tertiary/aromatic N) is 3. The number of halogens is 1. The smallest absolute Gasteiger partial charge is 0.129 e. The molecular formula is C14H23ClN4. The molecule has 1 saturated heterocycles. The van der Waals surface area contributed by atoms with Crippen molar-refractivity contribution in [2.24, 2.45) is 0 Å². The summed E-state index contributed by atoms with van der Waals surface area (Å²) in [5.74, 6) is 1.05. The Balaban J connectivity index is 2.18. The average Bonchev–Trinajstić information content (AvgIpc) is 2.79. The average molecular weight is 283 g/mol. The summed E-state index contributed by atoms with van der Waals surface area (Å²) in [4.78, 5) is 9.37. The van der Waals surface area contributed by atoms with Crippen molar-refractivity contribution < 1.29 is 0 Å². The first-order valence-electron chi connectivity index (χ1n) is 6.83. The number of hydrogen-bond donors (Lipinski definition) is 1. The molecule has 1 unspecified atom stereocenters. The standard InChI is InChI=1S/C14H23ClN4/c1-16-9-13-12(15)6-7-14(17-13)19-8-4-5-11(19)10-18(2)3/h6-7,11,16H,4-5,8-10H2,1-3H3. The highest BCUT2D eigenvalue weighted by molar-refractivity contribution is 6.31. The zero-order chi connectivity index (χ0) is 13.8. The van der Waals surface area contributed by atoms with E-state index in [1.807, 2.05) is 19.2 Å². The van der Waals surface area contributed by atoms with Crippen molar-refractivity contribution in [3.05, 3.63) is 22.8 Å². The van der Waals surface area contributed by atoms with E-state index in [1.165, 1.54) is 12.8 Å². The van der Waals surface area contributed by atoms with Crippen LogP contribution in [0.1, 0.15) is 18.5 Å². The number of anilines is 1. The fraction of sp³-hybridized carbons (Fsp3) is 0.643. The summed E-state index contributed by atoms with van der Waals surface area (Å²) in [6.45, 7) is 2.87. The van der Waals surface area contributed by atoms with Crippen molar-refractivity contribution in [2.45, 2.75) is 25.4 Å². The van der Waals surface area contributed by atoms with Gasteiger partial charge in [-0.05, 0) is 46.1 Å². The first-order chi connectivity index (χ1) is 9.11. The van der Waals surface area contributed by atoms with E-state index in [9.17, 15) is 0 Å². The van der Waals surface area contributed by atoms with E-state index in [0.717, 1.165) is 29.6 Å². The predicted molar refractivity (Wildman–Crippen MR) is 80.9 cm³/mol. The molecule has 106 valence electrons. The second kappa shape index (κ2) is 6.55. The number of hydrogen-bond acceptors (Lipinski definition) is 4. The van der Waals surface area contributed by atoms with Gasteiger partial charge in [-0.25, -0.2) is 4.98 Å². The summed E-state index contributed by atoms with van der Waals surface area (Å²) in [5, 5.41) is 3.85. The predicted octanol–water partition coefficient (Wildman–Crippen LogP) is 1.98. The third-order valence-electron chi connectivity index (χ3n) is 3.50. The maximum Gasteiger partial charge on any atom is 0.129 e. The van der Waals surface area contributed by atoms with E-state index in [2.05, 4.69) is 29.2 Å². The highest BCUT2D eigenvalue weighted by Gasteiger charge is 2.26. The van der Waals surface area contributed by atoms with Crippen molar-refractivity contribution >= 4 is 17.4 Å². The van der Waals surface area contributed by atoms with E-state index in [-0.39, 0.29) is 0 Å². The molecular weight excluding hydrogens is 260 g/mol. The molecule has 0 bridgehead atoms. The molecule has 0 amide bonds. The lowest BCUT2D eigenvalue weighted by atomic mass is 10.2. The van der Waals surface area contributed by atoms with Gasteiger partial charge in [0.15, 0.2) is 0 Å². The lowest BCUT2D eigenvalue weighted by molar-refractivity contribution is 0.371. The molecule has 1 aromatic rings. The molecule has 0 aromatic carbocycles. The molecule has 19 heavy (non-hydrogen) atoms. The van der Waals surface area contributed by atoms with E-state index >= 15 is 0 Å². The molecule has 1 fully saturated rings. The minimum atomic E-state index is 0.561. The maximum atomic E-state index is 6.17. The quantitative estimate of drug-likeness (QED) is 0.895. The van der Waals surface area contributed by atoms with Crippen LogP contribution in [0.25, 0.3) is 0 Å². The van der Waals surface area contributed by atoms with Crippen LogP contribution in [-0.2, 0) is 6.54 Å². The Hall–Kier alpha value is -0.840. The van der Waals surface area contributed by atoms with E-state index < -0.39 is 0 Å². The third-order valence-corrected chi connectivity index (χ3v) is 3.84. The SMILES string of the molecule is CNCc1nc(N2CCCC2CN(C)C)ccc1Cl. The Morgan fingerprint density at radius 3 is 2.95 bits per heavy atom. The van der Waals surface area contributed by atoms with Crippen LogP contribution in [0.3, 0.4) is 0 Å². The monoisotopic (exact) mass is 282 g/mol. The topological polar surface area (TPSA) is 31.4 Å². The lowest BCUT2D eigenvalue weighted by Gasteiger charge is -2.28. The molecule has 1 aliphatic rings. The summed E-state index contributed by atoms with van der Waals surface area (Å²) < 4.78 is 0. The molecule has 1 aliphatic heterocycles. The van der Waals surface area contributed by atoms with Gasteiger partial charge in [0.05, 0.1) is 10.7 Å². The fourth-order valence-electron chi connectivity index (χ4n) is 2.67. The lowest BCUT2D eigenvalue weighted by Crippen LogP contribution is -2.38. The Kier molecular flexibility index (Phi) is 5.02. The molecule has 0 radical (unpaired) electrons. The van der Waals surface area contributed by atoms with Gasteiger partial charge in [-0.15, -0.1) is 0 Å². The van der Waals surface area contributed by atoms with Gasteiger partial charge in [0.25, 0.3) is 0 Å². The van der Waals surface area contributed by atoms with Crippen LogP contribution in [0.5, 0.6) is 0 Å². The highest BCUT2D eigenvalue weighted by Crippen LogP contribution is 2.26. The summed E-state index contributed by atoms with van der Waals surface area (Å²) >= 11 is 6.17. The highest BCUT2D eigenvalue weighted by atomic mass is 35.5. The van der Waals surface area contributed by atoms with E-state index in [0.29, 0.717) is 12.6 Å². The number of nitrogens with one attached hydrogen (secondary N) is 1. The Morgan fingerprint density at radius 1 is 1.47 bits per heavy atom. The van der Waals surface area contributed by atoms with Crippen LogP contribution < -0.4 is 10.2 Å². The molecule has 0 aliphatic carbocycles. The largest absolute Gasteiger partial charge is 0.352 e. The minimum Gasteiger partial charge on any atom is -0.352 e. The van der Waals surface area contributed by atoms with Crippen molar-refractivity contribution in [1.82, 2.24) is 15.2 Å². The molecule has 2 rings (SSSR count). The van der Waals surface area contributed by atoms with Gasteiger partial charge >= 0.3 is 0 Å². The molecule has 1 aromatic heterocycles. The Morgan fingerprint density at radius 2 is 2.26 bits per heavy atom. The second-order valence-electron chi connectivity index (χ2n) is 5.38. The van der Waals surface area contributed by atoms with Gasteiger partial charge in [-0.1, -0.05) is 11.6 Å². The van der Waals surface area contributed by atoms with Crippen LogP contribution >= 0.6 is 11.6 Å². The molecule has 5 heteroatoms.